The molecule has 5 rings (SSSR count). The van der Waals surface area contributed by atoms with Crippen LogP contribution in [0, 0.1) is 0 Å². The number of amides is 1. The summed E-state index contributed by atoms with van der Waals surface area (Å²) in [6.45, 7) is 1.47. The van der Waals surface area contributed by atoms with Crippen molar-refractivity contribution in [3.63, 3.8) is 0 Å². The van der Waals surface area contributed by atoms with Crippen molar-refractivity contribution in [2.75, 3.05) is 13.7 Å². The second-order valence-corrected chi connectivity index (χ2v) is 8.60. The van der Waals surface area contributed by atoms with Crippen LogP contribution in [0.25, 0.3) is 0 Å². The van der Waals surface area contributed by atoms with Crippen LogP contribution in [0.3, 0.4) is 0 Å². The van der Waals surface area contributed by atoms with E-state index in [1.165, 1.54) is 0 Å². The first-order chi connectivity index (χ1) is 17.7. The number of hydrogen-bond acceptors (Lipinski definition) is 5. The Labute approximate surface area is 211 Å². The highest BCUT2D eigenvalue weighted by atomic mass is 16.5. The fraction of sp³-hybridized carbons (Fsp3) is 0.200. The van der Waals surface area contributed by atoms with Crippen molar-refractivity contribution >= 4 is 5.91 Å². The van der Waals surface area contributed by atoms with Gasteiger partial charge < -0.3 is 19.1 Å². The van der Waals surface area contributed by atoms with Crippen molar-refractivity contribution in [2.45, 2.75) is 25.7 Å². The first-order valence-corrected chi connectivity index (χ1v) is 12.0. The quantitative estimate of drug-likeness (QED) is 0.339. The first-order valence-electron chi connectivity index (χ1n) is 12.0. The minimum atomic E-state index is -0.783. The molecule has 0 saturated heterocycles. The number of pyridine rings is 1. The van der Waals surface area contributed by atoms with Gasteiger partial charge >= 0.3 is 0 Å². The van der Waals surface area contributed by atoms with E-state index < -0.39 is 6.10 Å². The van der Waals surface area contributed by atoms with Gasteiger partial charge in [0.2, 0.25) is 12.0 Å². The molecule has 1 atom stereocenters. The number of hydrogen-bond donors (Lipinski definition) is 0. The fourth-order valence-corrected chi connectivity index (χ4v) is 4.43. The van der Waals surface area contributed by atoms with Crippen LogP contribution in [0.5, 0.6) is 17.4 Å². The van der Waals surface area contributed by atoms with Crippen LogP contribution < -0.4 is 14.2 Å². The molecule has 0 bridgehead atoms. The van der Waals surface area contributed by atoms with Crippen molar-refractivity contribution in [3.05, 3.63) is 119 Å². The van der Waals surface area contributed by atoms with Gasteiger partial charge in [-0.05, 0) is 29.7 Å². The third-order valence-electron chi connectivity index (χ3n) is 6.27. The number of ether oxygens (including phenoxy) is 3. The van der Waals surface area contributed by atoms with E-state index in [9.17, 15) is 4.79 Å². The summed E-state index contributed by atoms with van der Waals surface area (Å²) in [7, 11) is 1.65. The number of aromatic nitrogens is 1. The zero-order valence-electron chi connectivity index (χ0n) is 20.2. The molecule has 3 aromatic carbocycles. The largest absolute Gasteiger partial charge is 0.493 e. The second-order valence-electron chi connectivity index (χ2n) is 8.60. The number of carbonyl (C=O) groups is 1. The lowest BCUT2D eigenvalue weighted by atomic mass is 9.97. The summed E-state index contributed by atoms with van der Waals surface area (Å²) >= 11 is 0. The molecule has 1 amide bonds. The van der Waals surface area contributed by atoms with Crippen LogP contribution in [0.15, 0.2) is 97.2 Å². The van der Waals surface area contributed by atoms with E-state index in [0.29, 0.717) is 37.7 Å². The van der Waals surface area contributed by atoms with Gasteiger partial charge in [0.05, 0.1) is 7.11 Å². The number of benzene rings is 3. The molecular weight excluding hydrogens is 452 g/mol. The van der Waals surface area contributed by atoms with Gasteiger partial charge in [0.25, 0.3) is 5.91 Å². The minimum absolute atomic E-state index is 0.0972. The molecule has 1 aliphatic rings. The Kier molecular flexibility index (Phi) is 7.12. The Morgan fingerprint density at radius 3 is 2.42 bits per heavy atom. The molecule has 1 aliphatic heterocycles. The summed E-state index contributed by atoms with van der Waals surface area (Å²) in [6.07, 6.45) is 1.53. The predicted molar refractivity (Wildman–Crippen MR) is 137 cm³/mol. The van der Waals surface area contributed by atoms with E-state index in [1.54, 1.807) is 19.4 Å². The van der Waals surface area contributed by atoms with Crippen LogP contribution in [0.2, 0.25) is 0 Å². The van der Waals surface area contributed by atoms with Gasteiger partial charge in [-0.25, -0.2) is 4.98 Å². The van der Waals surface area contributed by atoms with E-state index in [0.717, 1.165) is 28.0 Å². The number of nitrogens with zero attached hydrogens (tertiary/aromatic N) is 2. The molecule has 2 heterocycles. The van der Waals surface area contributed by atoms with Gasteiger partial charge in [-0.3, -0.25) is 4.79 Å². The molecule has 4 aromatic rings. The molecular formula is C30H28N2O4. The number of fused-ring (bicyclic) bond motifs is 1. The first kappa shape index (κ1) is 23.4. The van der Waals surface area contributed by atoms with Gasteiger partial charge in [0.1, 0.15) is 6.61 Å². The summed E-state index contributed by atoms with van der Waals surface area (Å²) < 4.78 is 18.0. The highest BCUT2D eigenvalue weighted by Crippen LogP contribution is 2.38. The Morgan fingerprint density at radius 2 is 1.69 bits per heavy atom. The lowest BCUT2D eigenvalue weighted by Gasteiger charge is -2.33. The molecule has 0 spiro atoms. The van der Waals surface area contributed by atoms with Crippen molar-refractivity contribution in [2.24, 2.45) is 0 Å². The zero-order chi connectivity index (χ0) is 24.7. The van der Waals surface area contributed by atoms with Gasteiger partial charge in [-0.1, -0.05) is 72.8 Å². The van der Waals surface area contributed by atoms with Crippen molar-refractivity contribution in [3.8, 4) is 17.4 Å². The summed E-state index contributed by atoms with van der Waals surface area (Å²) in [5.74, 6) is 1.76. The van der Waals surface area contributed by atoms with E-state index in [2.05, 4.69) is 4.98 Å². The molecule has 0 N–H and O–H groups in total. The molecule has 36 heavy (non-hydrogen) atoms. The highest BCUT2D eigenvalue weighted by Gasteiger charge is 2.32. The Morgan fingerprint density at radius 1 is 0.944 bits per heavy atom. The van der Waals surface area contributed by atoms with Crippen LogP contribution >= 0.6 is 0 Å². The Hall–Kier alpha value is -4.32. The third-order valence-corrected chi connectivity index (χ3v) is 6.27. The predicted octanol–water partition coefficient (Wildman–Crippen LogP) is 5.37. The third kappa shape index (κ3) is 5.18. The maximum atomic E-state index is 13.7. The number of methoxy groups -OCH3 is 1. The molecule has 182 valence electrons. The molecule has 0 aliphatic carbocycles. The standard InChI is InChI=1S/C30H28N2O4/c1-34-26-16-15-24-20-32(19-17-25(24)29(26)35-21-22-10-4-2-5-11-22)30(33)28(23-12-6-3-7-13-23)36-27-14-8-9-18-31-27/h2-16,18,28H,17,19-21H2,1H3. The molecule has 6 nitrogen and oxygen atoms in total. The van der Waals surface area contributed by atoms with Gasteiger partial charge in [-0.15, -0.1) is 0 Å². The number of carbonyl (C=O) groups excluding carboxylic acids is 1. The summed E-state index contributed by atoms with van der Waals surface area (Å²) in [5.41, 5.74) is 4.00. The monoisotopic (exact) mass is 480 g/mol. The summed E-state index contributed by atoms with van der Waals surface area (Å²) in [4.78, 5) is 19.9. The van der Waals surface area contributed by atoms with Crippen LogP contribution in [0.4, 0.5) is 0 Å². The number of rotatable bonds is 8. The van der Waals surface area contributed by atoms with Crippen molar-refractivity contribution in [1.29, 1.82) is 0 Å². The molecule has 0 saturated carbocycles. The lowest BCUT2D eigenvalue weighted by Crippen LogP contribution is -2.40. The van der Waals surface area contributed by atoms with E-state index >= 15 is 0 Å². The molecule has 0 fully saturated rings. The van der Waals surface area contributed by atoms with Gasteiger partial charge in [-0.2, -0.15) is 0 Å². The average molecular weight is 481 g/mol. The topological polar surface area (TPSA) is 60.9 Å². The van der Waals surface area contributed by atoms with Crippen LogP contribution in [-0.2, 0) is 24.4 Å². The highest BCUT2D eigenvalue weighted by molar-refractivity contribution is 5.83. The van der Waals surface area contributed by atoms with E-state index in [1.807, 2.05) is 89.8 Å². The van der Waals surface area contributed by atoms with Crippen LogP contribution in [0.1, 0.15) is 28.4 Å². The van der Waals surface area contributed by atoms with Gasteiger partial charge in [0, 0.05) is 36.5 Å². The summed E-state index contributed by atoms with van der Waals surface area (Å²) in [6, 6.07) is 28.9. The normalized spacial score (nSPS) is 13.4. The summed E-state index contributed by atoms with van der Waals surface area (Å²) in [5, 5.41) is 0. The SMILES string of the molecule is COc1ccc2c(c1OCc1ccccc1)CCN(C(=O)C(Oc1ccccn1)c1ccccc1)C2. The molecule has 6 heteroatoms. The lowest BCUT2D eigenvalue weighted by molar-refractivity contribution is -0.140. The van der Waals surface area contributed by atoms with Crippen LogP contribution in [-0.4, -0.2) is 29.4 Å². The Balaban J connectivity index is 1.38. The van der Waals surface area contributed by atoms with E-state index in [4.69, 9.17) is 14.2 Å². The van der Waals surface area contributed by atoms with E-state index in [-0.39, 0.29) is 5.91 Å². The second kappa shape index (κ2) is 11.0. The average Bonchev–Trinajstić information content (AvgIpc) is 2.95. The van der Waals surface area contributed by atoms with Crippen molar-refractivity contribution < 1.29 is 19.0 Å². The van der Waals surface area contributed by atoms with Crippen molar-refractivity contribution in [1.82, 2.24) is 9.88 Å². The Bertz CT molecular complexity index is 1300. The maximum Gasteiger partial charge on any atom is 0.268 e. The zero-order valence-corrected chi connectivity index (χ0v) is 20.2. The fourth-order valence-electron chi connectivity index (χ4n) is 4.43. The molecule has 1 aromatic heterocycles. The minimum Gasteiger partial charge on any atom is -0.493 e. The molecule has 0 radical (unpaired) electrons. The maximum absolute atomic E-state index is 13.7. The van der Waals surface area contributed by atoms with Gasteiger partial charge in [0.15, 0.2) is 11.5 Å². The smallest absolute Gasteiger partial charge is 0.268 e. The molecule has 1 unspecified atom stereocenters.